The van der Waals surface area contributed by atoms with E-state index in [2.05, 4.69) is 4.98 Å². The second-order valence-corrected chi connectivity index (χ2v) is 9.09. The molecule has 29 heavy (non-hydrogen) atoms. The van der Waals surface area contributed by atoms with Crippen LogP contribution in [-0.4, -0.2) is 28.4 Å². The number of fused-ring (bicyclic) bond motifs is 2. The number of carbonyl (C=O) groups excluding carboxylic acids is 1. The number of benzene rings is 1. The van der Waals surface area contributed by atoms with Crippen LogP contribution in [0.1, 0.15) is 41.0 Å². The Hall–Kier alpha value is -2.02. The molecule has 3 heterocycles. The van der Waals surface area contributed by atoms with Crippen molar-refractivity contribution in [3.63, 3.8) is 0 Å². The van der Waals surface area contributed by atoms with Gasteiger partial charge in [0.15, 0.2) is 0 Å². The van der Waals surface area contributed by atoms with Gasteiger partial charge in [-0.05, 0) is 44.2 Å². The van der Waals surface area contributed by atoms with E-state index in [1.165, 1.54) is 11.3 Å². The molecule has 0 atom stereocenters. The highest BCUT2D eigenvalue weighted by Crippen LogP contribution is 2.39. The van der Waals surface area contributed by atoms with Gasteiger partial charge >= 0.3 is 0 Å². The summed E-state index contributed by atoms with van der Waals surface area (Å²) in [5.41, 5.74) is 2.35. The zero-order valence-corrected chi connectivity index (χ0v) is 18.6. The number of pyridine rings is 1. The van der Waals surface area contributed by atoms with E-state index in [0.29, 0.717) is 34.9 Å². The number of ether oxygens (including phenoxy) is 1. The SMILES string of the molecule is Cc1[nH]c(=O)c(CN2CCc3c(Cl)cc(OC(C)C)c(Cl)c3C2=O)c2sccc12. The minimum absolute atomic E-state index is 0.102. The molecular formula is C21H20Cl2N2O3S. The molecule has 3 aromatic rings. The molecule has 1 N–H and O–H groups in total. The molecule has 8 heteroatoms. The summed E-state index contributed by atoms with van der Waals surface area (Å²) < 4.78 is 6.64. The number of aryl methyl sites for hydroxylation is 1. The van der Waals surface area contributed by atoms with Crippen LogP contribution in [0.3, 0.4) is 0 Å². The van der Waals surface area contributed by atoms with Gasteiger partial charge in [-0.2, -0.15) is 0 Å². The lowest BCUT2D eigenvalue weighted by molar-refractivity contribution is 0.0726. The van der Waals surface area contributed by atoms with Crippen LogP contribution in [-0.2, 0) is 13.0 Å². The van der Waals surface area contributed by atoms with Crippen molar-refractivity contribution in [1.82, 2.24) is 9.88 Å². The van der Waals surface area contributed by atoms with Gasteiger partial charge in [-0.3, -0.25) is 9.59 Å². The Kier molecular flexibility index (Phi) is 5.36. The second-order valence-electron chi connectivity index (χ2n) is 7.39. The fraction of sp³-hybridized carbons (Fsp3) is 0.333. The van der Waals surface area contributed by atoms with E-state index in [9.17, 15) is 9.59 Å². The van der Waals surface area contributed by atoms with Crippen LogP contribution in [0.25, 0.3) is 10.1 Å². The van der Waals surface area contributed by atoms with Crippen LogP contribution in [0.15, 0.2) is 22.3 Å². The van der Waals surface area contributed by atoms with E-state index in [1.807, 2.05) is 32.2 Å². The van der Waals surface area contributed by atoms with Crippen molar-refractivity contribution in [1.29, 1.82) is 0 Å². The number of rotatable bonds is 4. The first-order chi connectivity index (χ1) is 13.8. The standard InChI is InChI=1S/C21H20Cl2N2O3S/c1-10(2)28-16-8-15(22)13-4-6-25(21(27)17(13)18(16)23)9-14-19-12(5-7-29-19)11(3)24-20(14)26/h5,7-8,10H,4,6,9H2,1-3H3,(H,24,26). The number of thiophene rings is 1. The van der Waals surface area contributed by atoms with Crippen molar-refractivity contribution >= 4 is 50.5 Å². The summed E-state index contributed by atoms with van der Waals surface area (Å²) in [4.78, 5) is 30.5. The number of aromatic nitrogens is 1. The topological polar surface area (TPSA) is 62.4 Å². The van der Waals surface area contributed by atoms with Gasteiger partial charge in [0, 0.05) is 33.4 Å². The lowest BCUT2D eigenvalue weighted by atomic mass is 9.97. The highest BCUT2D eigenvalue weighted by molar-refractivity contribution is 7.17. The van der Waals surface area contributed by atoms with E-state index in [-0.39, 0.29) is 29.1 Å². The molecule has 1 aliphatic heterocycles. The van der Waals surface area contributed by atoms with Crippen LogP contribution in [0.5, 0.6) is 5.75 Å². The first-order valence-corrected chi connectivity index (χ1v) is 11.0. The third-order valence-electron chi connectivity index (χ3n) is 5.05. The molecule has 4 rings (SSSR count). The Labute approximate surface area is 182 Å². The Morgan fingerprint density at radius 1 is 1.31 bits per heavy atom. The van der Waals surface area contributed by atoms with Crippen molar-refractivity contribution in [3.05, 3.63) is 60.3 Å². The van der Waals surface area contributed by atoms with Gasteiger partial charge in [-0.25, -0.2) is 0 Å². The monoisotopic (exact) mass is 450 g/mol. The van der Waals surface area contributed by atoms with Crippen molar-refractivity contribution in [2.75, 3.05) is 6.54 Å². The van der Waals surface area contributed by atoms with Gasteiger partial charge < -0.3 is 14.6 Å². The molecule has 0 spiro atoms. The maximum Gasteiger partial charge on any atom is 0.256 e. The first kappa shape index (κ1) is 20.3. The normalized spacial score (nSPS) is 14.0. The largest absolute Gasteiger partial charge is 0.489 e. The van der Waals surface area contributed by atoms with Gasteiger partial charge in [0.2, 0.25) is 0 Å². The lowest BCUT2D eigenvalue weighted by Gasteiger charge is -2.30. The van der Waals surface area contributed by atoms with E-state index < -0.39 is 0 Å². The van der Waals surface area contributed by atoms with Crippen LogP contribution in [0, 0.1) is 6.92 Å². The summed E-state index contributed by atoms with van der Waals surface area (Å²) in [6, 6.07) is 3.65. The quantitative estimate of drug-likeness (QED) is 0.594. The molecule has 0 aliphatic carbocycles. The second kappa shape index (κ2) is 7.67. The summed E-state index contributed by atoms with van der Waals surface area (Å²) >= 11 is 14.5. The molecule has 152 valence electrons. The summed E-state index contributed by atoms with van der Waals surface area (Å²) in [5.74, 6) is 0.159. The van der Waals surface area contributed by atoms with Crippen LogP contribution >= 0.6 is 34.5 Å². The molecule has 0 saturated carbocycles. The van der Waals surface area contributed by atoms with Crippen LogP contribution in [0.4, 0.5) is 0 Å². The molecule has 0 saturated heterocycles. The zero-order valence-electron chi connectivity index (χ0n) is 16.3. The molecule has 0 bridgehead atoms. The van der Waals surface area contributed by atoms with Crippen molar-refractivity contribution < 1.29 is 9.53 Å². The number of carbonyl (C=O) groups is 1. The number of hydrogen-bond donors (Lipinski definition) is 1. The van der Waals surface area contributed by atoms with E-state index in [0.717, 1.165) is 21.3 Å². The van der Waals surface area contributed by atoms with Gasteiger partial charge in [-0.15, -0.1) is 11.3 Å². The molecular weight excluding hydrogens is 431 g/mol. The number of amides is 1. The minimum Gasteiger partial charge on any atom is -0.489 e. The molecule has 1 amide bonds. The number of halogens is 2. The van der Waals surface area contributed by atoms with Crippen molar-refractivity contribution in [3.8, 4) is 5.75 Å². The number of hydrogen-bond acceptors (Lipinski definition) is 4. The number of nitrogens with one attached hydrogen (secondary N) is 1. The molecule has 0 unspecified atom stereocenters. The molecule has 0 radical (unpaired) electrons. The predicted molar refractivity (Wildman–Crippen MR) is 118 cm³/mol. The molecule has 5 nitrogen and oxygen atoms in total. The molecule has 1 aromatic carbocycles. The summed E-state index contributed by atoms with van der Waals surface area (Å²) in [6.45, 7) is 6.32. The Bertz CT molecular complexity index is 1180. The first-order valence-electron chi connectivity index (χ1n) is 9.33. The fourth-order valence-electron chi connectivity index (χ4n) is 3.69. The highest BCUT2D eigenvalue weighted by atomic mass is 35.5. The molecule has 2 aromatic heterocycles. The van der Waals surface area contributed by atoms with Crippen LogP contribution in [0.2, 0.25) is 10.0 Å². The van der Waals surface area contributed by atoms with Gasteiger partial charge in [0.1, 0.15) is 5.75 Å². The Balaban J connectivity index is 1.74. The molecule has 0 fully saturated rings. The average molecular weight is 451 g/mol. The van der Waals surface area contributed by atoms with E-state index in [4.69, 9.17) is 27.9 Å². The number of H-pyrrole nitrogens is 1. The smallest absolute Gasteiger partial charge is 0.256 e. The van der Waals surface area contributed by atoms with Gasteiger partial charge in [0.05, 0.1) is 28.8 Å². The van der Waals surface area contributed by atoms with Gasteiger partial charge in [-0.1, -0.05) is 23.2 Å². The van der Waals surface area contributed by atoms with E-state index >= 15 is 0 Å². The molecule has 1 aliphatic rings. The zero-order chi connectivity index (χ0) is 20.9. The third kappa shape index (κ3) is 3.54. The Morgan fingerprint density at radius 2 is 2.07 bits per heavy atom. The summed E-state index contributed by atoms with van der Waals surface area (Å²) in [6.07, 6.45) is 0.466. The third-order valence-corrected chi connectivity index (χ3v) is 6.73. The van der Waals surface area contributed by atoms with Crippen molar-refractivity contribution in [2.24, 2.45) is 0 Å². The maximum atomic E-state index is 13.3. The predicted octanol–water partition coefficient (Wildman–Crippen LogP) is 5.19. The summed E-state index contributed by atoms with van der Waals surface area (Å²) in [5, 5.41) is 3.70. The minimum atomic E-state index is -0.239. The maximum absolute atomic E-state index is 13.3. The van der Waals surface area contributed by atoms with Gasteiger partial charge in [0.25, 0.3) is 11.5 Å². The highest BCUT2D eigenvalue weighted by Gasteiger charge is 2.31. The van der Waals surface area contributed by atoms with Crippen LogP contribution < -0.4 is 10.3 Å². The number of nitrogens with zero attached hydrogens (tertiary/aromatic N) is 1. The average Bonchev–Trinajstić information content (AvgIpc) is 3.14. The fourth-order valence-corrected chi connectivity index (χ4v) is 5.26. The van der Waals surface area contributed by atoms with Crippen molar-refractivity contribution in [2.45, 2.75) is 39.8 Å². The lowest BCUT2D eigenvalue weighted by Crippen LogP contribution is -2.39. The summed E-state index contributed by atoms with van der Waals surface area (Å²) in [7, 11) is 0. The van der Waals surface area contributed by atoms with E-state index in [1.54, 1.807) is 11.0 Å². The number of aromatic amines is 1. The Morgan fingerprint density at radius 3 is 2.79 bits per heavy atom.